The zero-order chi connectivity index (χ0) is 15.4. The van der Waals surface area contributed by atoms with Crippen LogP contribution in [0.15, 0.2) is 47.7 Å². The third kappa shape index (κ3) is 3.06. The fourth-order valence-electron chi connectivity index (χ4n) is 1.73. The second-order valence-corrected chi connectivity index (χ2v) is 4.21. The topological polar surface area (TPSA) is 107 Å². The van der Waals surface area contributed by atoms with E-state index in [0.29, 0.717) is 0 Å². The third-order valence-corrected chi connectivity index (χ3v) is 2.81. The standard InChI is InChI=1S/C15H11NO5/c17-12(10-3-1-2-4-11(10)16-21)6-5-9-7-14(19)15(20)8-13(9)18/h1-8,18-20H/b6-5+. The molecule has 6 heteroatoms. The van der Waals surface area contributed by atoms with E-state index in [2.05, 4.69) is 5.18 Å². The van der Waals surface area contributed by atoms with Gasteiger partial charge >= 0.3 is 0 Å². The van der Waals surface area contributed by atoms with Crippen LogP contribution in [-0.2, 0) is 0 Å². The highest BCUT2D eigenvalue weighted by Gasteiger charge is 2.10. The highest BCUT2D eigenvalue weighted by atomic mass is 16.3. The van der Waals surface area contributed by atoms with Crippen molar-refractivity contribution in [3.05, 3.63) is 58.5 Å². The van der Waals surface area contributed by atoms with Crippen molar-refractivity contribution in [1.82, 2.24) is 0 Å². The molecule has 0 atom stereocenters. The summed E-state index contributed by atoms with van der Waals surface area (Å²) in [6.45, 7) is 0. The van der Waals surface area contributed by atoms with E-state index >= 15 is 0 Å². The Hall–Kier alpha value is -3.15. The SMILES string of the molecule is O=Nc1ccccc1C(=O)/C=C/c1cc(O)c(O)cc1O. The van der Waals surface area contributed by atoms with Gasteiger partial charge < -0.3 is 15.3 Å². The summed E-state index contributed by atoms with van der Waals surface area (Å²) in [5.41, 5.74) is 0.298. The van der Waals surface area contributed by atoms with Crippen LogP contribution >= 0.6 is 0 Å². The number of hydrogen-bond acceptors (Lipinski definition) is 6. The average molecular weight is 285 g/mol. The van der Waals surface area contributed by atoms with E-state index in [1.807, 2.05) is 0 Å². The van der Waals surface area contributed by atoms with Gasteiger partial charge in [-0.3, -0.25) is 4.79 Å². The molecule has 0 saturated heterocycles. The zero-order valence-corrected chi connectivity index (χ0v) is 10.7. The van der Waals surface area contributed by atoms with Crippen LogP contribution in [-0.4, -0.2) is 21.1 Å². The average Bonchev–Trinajstić information content (AvgIpc) is 2.49. The van der Waals surface area contributed by atoms with E-state index in [0.717, 1.165) is 18.2 Å². The summed E-state index contributed by atoms with van der Waals surface area (Å²) in [5.74, 6) is -1.66. The lowest BCUT2D eigenvalue weighted by Crippen LogP contribution is -1.94. The van der Waals surface area contributed by atoms with Crippen molar-refractivity contribution < 1.29 is 20.1 Å². The Bertz CT molecular complexity index is 737. The zero-order valence-electron chi connectivity index (χ0n) is 10.7. The van der Waals surface area contributed by atoms with Crippen molar-refractivity contribution in [1.29, 1.82) is 0 Å². The van der Waals surface area contributed by atoms with Crippen LogP contribution in [0.3, 0.4) is 0 Å². The number of phenolic OH excluding ortho intramolecular Hbond substituents is 3. The Morgan fingerprint density at radius 2 is 1.67 bits per heavy atom. The van der Waals surface area contributed by atoms with Gasteiger partial charge in [0.15, 0.2) is 17.3 Å². The number of rotatable bonds is 4. The number of hydrogen-bond donors (Lipinski definition) is 3. The molecule has 0 aromatic heterocycles. The molecule has 21 heavy (non-hydrogen) atoms. The maximum absolute atomic E-state index is 12.0. The number of nitrogens with zero attached hydrogens (tertiary/aromatic N) is 1. The van der Waals surface area contributed by atoms with Crippen molar-refractivity contribution in [3.8, 4) is 17.2 Å². The van der Waals surface area contributed by atoms with Crippen molar-refractivity contribution in [3.63, 3.8) is 0 Å². The first-order valence-electron chi connectivity index (χ1n) is 5.92. The number of allylic oxidation sites excluding steroid dienone is 1. The molecule has 0 unspecified atom stereocenters. The molecule has 0 bridgehead atoms. The Morgan fingerprint density at radius 3 is 2.38 bits per heavy atom. The third-order valence-electron chi connectivity index (χ3n) is 2.81. The predicted octanol–water partition coefficient (Wildman–Crippen LogP) is 3.10. The van der Waals surface area contributed by atoms with Crippen LogP contribution < -0.4 is 0 Å². The van der Waals surface area contributed by atoms with Gasteiger partial charge in [-0.1, -0.05) is 12.1 Å². The molecule has 0 aliphatic rings. The molecular weight excluding hydrogens is 274 g/mol. The fourth-order valence-corrected chi connectivity index (χ4v) is 1.73. The van der Waals surface area contributed by atoms with Gasteiger partial charge in [0.2, 0.25) is 0 Å². The smallest absolute Gasteiger partial charge is 0.188 e. The molecule has 0 amide bonds. The number of ketones is 1. The van der Waals surface area contributed by atoms with E-state index in [1.165, 1.54) is 18.2 Å². The molecule has 0 aliphatic heterocycles. The van der Waals surface area contributed by atoms with Gasteiger partial charge in [0, 0.05) is 11.6 Å². The first-order valence-corrected chi connectivity index (χ1v) is 5.92. The van der Waals surface area contributed by atoms with Crippen LogP contribution in [0.4, 0.5) is 5.69 Å². The molecule has 2 rings (SSSR count). The number of phenols is 3. The largest absolute Gasteiger partial charge is 0.507 e. The van der Waals surface area contributed by atoms with Crippen LogP contribution in [0.2, 0.25) is 0 Å². The second-order valence-electron chi connectivity index (χ2n) is 4.21. The second kappa shape index (κ2) is 5.87. The summed E-state index contributed by atoms with van der Waals surface area (Å²) in [7, 11) is 0. The lowest BCUT2D eigenvalue weighted by Gasteiger charge is -2.03. The number of carbonyl (C=O) groups excluding carboxylic acids is 1. The van der Waals surface area contributed by atoms with Gasteiger partial charge in [0.25, 0.3) is 0 Å². The number of carbonyl (C=O) groups is 1. The quantitative estimate of drug-likeness (QED) is 0.263. The maximum atomic E-state index is 12.0. The molecule has 0 fully saturated rings. The molecule has 0 saturated carbocycles. The van der Waals surface area contributed by atoms with Crippen LogP contribution in [0.1, 0.15) is 15.9 Å². The highest BCUT2D eigenvalue weighted by molar-refractivity contribution is 6.10. The van der Waals surface area contributed by atoms with E-state index < -0.39 is 17.3 Å². The monoisotopic (exact) mass is 285 g/mol. The predicted molar refractivity (Wildman–Crippen MR) is 76.7 cm³/mol. The highest BCUT2D eigenvalue weighted by Crippen LogP contribution is 2.33. The van der Waals surface area contributed by atoms with Crippen LogP contribution in [0, 0.1) is 4.91 Å². The van der Waals surface area contributed by atoms with Crippen molar-refractivity contribution in [2.75, 3.05) is 0 Å². The lowest BCUT2D eigenvalue weighted by molar-refractivity contribution is 0.104. The summed E-state index contributed by atoms with van der Waals surface area (Å²) >= 11 is 0. The van der Waals surface area contributed by atoms with Gasteiger partial charge in [0.1, 0.15) is 11.4 Å². The molecule has 2 aromatic carbocycles. The first-order chi connectivity index (χ1) is 10.0. The van der Waals surface area contributed by atoms with Gasteiger partial charge in [0.05, 0.1) is 5.56 Å². The van der Waals surface area contributed by atoms with E-state index in [9.17, 15) is 25.0 Å². The molecule has 0 aliphatic carbocycles. The molecule has 6 nitrogen and oxygen atoms in total. The van der Waals surface area contributed by atoms with E-state index in [4.69, 9.17) is 0 Å². The minimum atomic E-state index is -0.475. The van der Waals surface area contributed by atoms with Gasteiger partial charge in [-0.2, -0.15) is 0 Å². The number of aromatic hydroxyl groups is 3. The summed E-state index contributed by atoms with van der Waals surface area (Å²) in [5, 5.41) is 30.9. The van der Waals surface area contributed by atoms with Gasteiger partial charge in [-0.25, -0.2) is 0 Å². The Labute approximate surface area is 119 Å². The summed E-state index contributed by atoms with van der Waals surface area (Å²) in [6.07, 6.45) is 2.40. The van der Waals surface area contributed by atoms with Crippen LogP contribution in [0.25, 0.3) is 6.08 Å². The van der Waals surface area contributed by atoms with Crippen molar-refractivity contribution in [2.45, 2.75) is 0 Å². The summed E-state index contributed by atoms with van der Waals surface area (Å²) in [6, 6.07) is 8.12. The molecule has 0 heterocycles. The number of nitroso groups, excluding NO2 is 1. The normalized spacial score (nSPS) is 10.7. The van der Waals surface area contributed by atoms with Gasteiger partial charge in [-0.05, 0) is 35.5 Å². The minimum Gasteiger partial charge on any atom is -0.507 e. The van der Waals surface area contributed by atoms with Crippen molar-refractivity contribution in [2.24, 2.45) is 5.18 Å². The molecule has 2 aromatic rings. The molecule has 3 N–H and O–H groups in total. The first kappa shape index (κ1) is 14.3. The van der Waals surface area contributed by atoms with Crippen LogP contribution in [0.5, 0.6) is 17.2 Å². The molecule has 0 spiro atoms. The summed E-state index contributed by atoms with van der Waals surface area (Å²) in [4.78, 5) is 22.6. The Morgan fingerprint density at radius 1 is 1.00 bits per heavy atom. The maximum Gasteiger partial charge on any atom is 0.188 e. The molecule has 0 radical (unpaired) electrons. The fraction of sp³-hybridized carbons (Fsp3) is 0. The molecule has 106 valence electrons. The molecular formula is C15H11NO5. The van der Waals surface area contributed by atoms with E-state index in [-0.39, 0.29) is 22.6 Å². The lowest BCUT2D eigenvalue weighted by atomic mass is 10.1. The van der Waals surface area contributed by atoms with E-state index in [1.54, 1.807) is 12.1 Å². The minimum absolute atomic E-state index is 0.0184. The Kier molecular flexibility index (Phi) is 3.99. The summed E-state index contributed by atoms with van der Waals surface area (Å²) < 4.78 is 0. The van der Waals surface area contributed by atoms with Crippen molar-refractivity contribution >= 4 is 17.5 Å². The Balaban J connectivity index is 2.31. The van der Waals surface area contributed by atoms with Gasteiger partial charge in [-0.15, -0.1) is 4.91 Å². The number of benzene rings is 2.